The molecule has 0 aliphatic heterocycles. The van der Waals surface area contributed by atoms with E-state index in [0.717, 1.165) is 5.56 Å². The molecule has 0 aliphatic rings. The number of pyridine rings is 1. The van der Waals surface area contributed by atoms with Crippen LogP contribution < -0.4 is 5.32 Å². The molecule has 1 aromatic carbocycles. The molecule has 1 N–H and O–H groups in total. The van der Waals surface area contributed by atoms with Crippen molar-refractivity contribution in [2.24, 2.45) is 0 Å². The second kappa shape index (κ2) is 9.13. The summed E-state index contributed by atoms with van der Waals surface area (Å²) in [4.78, 5) is 27.3. The SMILES string of the molecule is COC(=O)c1ccc(C(=O)NCc2ccc(COCC(F)(F)F)cc2)nc1. The maximum absolute atomic E-state index is 12.1. The summed E-state index contributed by atoms with van der Waals surface area (Å²) in [6, 6.07) is 9.45. The molecular formula is C18H17F3N2O4. The molecule has 1 aromatic heterocycles. The Morgan fingerprint density at radius 3 is 2.30 bits per heavy atom. The Balaban J connectivity index is 1.83. The molecule has 0 aliphatic carbocycles. The van der Waals surface area contributed by atoms with Gasteiger partial charge in [-0.2, -0.15) is 13.2 Å². The second-order valence-electron chi connectivity index (χ2n) is 5.53. The molecular weight excluding hydrogens is 365 g/mol. The summed E-state index contributed by atoms with van der Waals surface area (Å²) >= 11 is 0. The number of rotatable bonds is 7. The standard InChI is InChI=1S/C18H17F3N2O4/c1-26-17(25)14-6-7-15(22-9-14)16(24)23-8-12-2-4-13(5-3-12)10-27-11-18(19,20)21/h2-7,9H,8,10-11H2,1H3,(H,23,24). The topological polar surface area (TPSA) is 77.5 Å². The van der Waals surface area contributed by atoms with Gasteiger partial charge in [0.25, 0.3) is 5.91 Å². The number of amides is 1. The van der Waals surface area contributed by atoms with Gasteiger partial charge in [0.05, 0.1) is 19.3 Å². The molecule has 6 nitrogen and oxygen atoms in total. The molecule has 2 rings (SSSR count). The quantitative estimate of drug-likeness (QED) is 0.745. The van der Waals surface area contributed by atoms with Gasteiger partial charge in [0.1, 0.15) is 12.3 Å². The maximum Gasteiger partial charge on any atom is 0.411 e. The van der Waals surface area contributed by atoms with Crippen molar-refractivity contribution in [1.82, 2.24) is 10.3 Å². The van der Waals surface area contributed by atoms with Crippen LogP contribution in [0.1, 0.15) is 32.0 Å². The monoisotopic (exact) mass is 382 g/mol. The third-order valence-electron chi connectivity index (χ3n) is 3.43. The van der Waals surface area contributed by atoms with Gasteiger partial charge in [-0.3, -0.25) is 9.78 Å². The average Bonchev–Trinajstić information content (AvgIpc) is 2.65. The van der Waals surface area contributed by atoms with Crippen LogP contribution in [0.15, 0.2) is 42.6 Å². The number of hydrogen-bond donors (Lipinski definition) is 1. The van der Waals surface area contributed by atoms with Crippen molar-refractivity contribution in [2.75, 3.05) is 13.7 Å². The zero-order chi connectivity index (χ0) is 19.9. The number of alkyl halides is 3. The fraction of sp³-hybridized carbons (Fsp3) is 0.278. The number of carbonyl (C=O) groups is 2. The highest BCUT2D eigenvalue weighted by atomic mass is 19.4. The number of carbonyl (C=O) groups excluding carboxylic acids is 2. The predicted octanol–water partition coefficient (Wildman–Crippen LogP) is 2.88. The number of ether oxygens (including phenoxy) is 2. The van der Waals surface area contributed by atoms with E-state index >= 15 is 0 Å². The Kier molecular flexibility index (Phi) is 6.89. The van der Waals surface area contributed by atoms with E-state index in [1.165, 1.54) is 25.4 Å². The molecule has 0 saturated heterocycles. The number of nitrogens with zero attached hydrogens (tertiary/aromatic N) is 1. The zero-order valence-electron chi connectivity index (χ0n) is 14.4. The molecule has 0 spiro atoms. The Morgan fingerprint density at radius 1 is 1.07 bits per heavy atom. The molecule has 0 bridgehead atoms. The van der Waals surface area contributed by atoms with Crippen LogP contribution in [0.5, 0.6) is 0 Å². The van der Waals surface area contributed by atoms with Crippen molar-refractivity contribution in [2.45, 2.75) is 19.3 Å². The van der Waals surface area contributed by atoms with Gasteiger partial charge in [-0.15, -0.1) is 0 Å². The minimum absolute atomic E-state index is 0.139. The summed E-state index contributed by atoms with van der Waals surface area (Å²) < 4.78 is 45.2. The molecule has 1 heterocycles. The van der Waals surface area contributed by atoms with Gasteiger partial charge in [0.15, 0.2) is 0 Å². The minimum Gasteiger partial charge on any atom is -0.465 e. The lowest BCUT2D eigenvalue weighted by Gasteiger charge is -2.09. The van der Waals surface area contributed by atoms with Crippen LogP contribution in [0, 0.1) is 0 Å². The fourth-order valence-corrected chi connectivity index (χ4v) is 2.08. The molecule has 1 amide bonds. The van der Waals surface area contributed by atoms with Crippen molar-refractivity contribution in [3.05, 3.63) is 65.0 Å². The van der Waals surface area contributed by atoms with Crippen molar-refractivity contribution in [1.29, 1.82) is 0 Å². The number of esters is 1. The smallest absolute Gasteiger partial charge is 0.411 e. The highest BCUT2D eigenvalue weighted by molar-refractivity contribution is 5.94. The molecule has 0 saturated carbocycles. The van der Waals surface area contributed by atoms with Crippen LogP contribution in [-0.2, 0) is 22.6 Å². The van der Waals surface area contributed by atoms with Gasteiger partial charge in [-0.05, 0) is 23.3 Å². The normalized spacial score (nSPS) is 11.1. The third kappa shape index (κ3) is 6.70. The number of aromatic nitrogens is 1. The van der Waals surface area contributed by atoms with Gasteiger partial charge < -0.3 is 14.8 Å². The summed E-state index contributed by atoms with van der Waals surface area (Å²) in [6.07, 6.45) is -3.11. The average molecular weight is 382 g/mol. The summed E-state index contributed by atoms with van der Waals surface area (Å²) in [5.41, 5.74) is 1.72. The van der Waals surface area contributed by atoms with E-state index in [0.29, 0.717) is 5.56 Å². The van der Waals surface area contributed by atoms with Crippen molar-refractivity contribution in [3.63, 3.8) is 0 Å². The number of halogens is 3. The highest BCUT2D eigenvalue weighted by Gasteiger charge is 2.27. The number of hydrogen-bond acceptors (Lipinski definition) is 5. The van der Waals surface area contributed by atoms with E-state index in [-0.39, 0.29) is 24.4 Å². The third-order valence-corrected chi connectivity index (χ3v) is 3.43. The summed E-state index contributed by atoms with van der Waals surface area (Å²) in [6.45, 7) is -1.24. The number of benzene rings is 1. The van der Waals surface area contributed by atoms with Gasteiger partial charge in [-0.25, -0.2) is 4.79 Å². The van der Waals surface area contributed by atoms with Crippen molar-refractivity contribution in [3.8, 4) is 0 Å². The van der Waals surface area contributed by atoms with Crippen LogP contribution in [-0.4, -0.2) is 36.8 Å². The van der Waals surface area contributed by atoms with Gasteiger partial charge >= 0.3 is 12.1 Å². The summed E-state index contributed by atoms with van der Waals surface area (Å²) in [7, 11) is 1.25. The number of methoxy groups -OCH3 is 1. The van der Waals surface area contributed by atoms with Gasteiger partial charge in [0.2, 0.25) is 0 Å². The van der Waals surface area contributed by atoms with Crippen LogP contribution in [0.25, 0.3) is 0 Å². The van der Waals surface area contributed by atoms with Crippen LogP contribution in [0.4, 0.5) is 13.2 Å². The lowest BCUT2D eigenvalue weighted by molar-refractivity contribution is -0.176. The van der Waals surface area contributed by atoms with E-state index < -0.39 is 24.7 Å². The predicted molar refractivity (Wildman–Crippen MR) is 88.9 cm³/mol. The van der Waals surface area contributed by atoms with Crippen LogP contribution in [0.3, 0.4) is 0 Å². The molecule has 0 radical (unpaired) electrons. The molecule has 144 valence electrons. The van der Waals surface area contributed by atoms with Crippen molar-refractivity contribution >= 4 is 11.9 Å². The molecule has 27 heavy (non-hydrogen) atoms. The highest BCUT2D eigenvalue weighted by Crippen LogP contribution is 2.16. The minimum atomic E-state index is -4.35. The first-order chi connectivity index (χ1) is 12.8. The molecule has 0 atom stereocenters. The van der Waals surface area contributed by atoms with Crippen LogP contribution >= 0.6 is 0 Å². The maximum atomic E-state index is 12.1. The Labute approximate surface area is 153 Å². The first-order valence-corrected chi connectivity index (χ1v) is 7.83. The Morgan fingerprint density at radius 2 is 1.74 bits per heavy atom. The van der Waals surface area contributed by atoms with E-state index in [1.54, 1.807) is 24.3 Å². The van der Waals surface area contributed by atoms with Crippen LogP contribution in [0.2, 0.25) is 0 Å². The molecule has 0 fully saturated rings. The summed E-state index contributed by atoms with van der Waals surface area (Å²) in [5, 5.41) is 2.66. The van der Waals surface area contributed by atoms with E-state index in [9.17, 15) is 22.8 Å². The Hall–Kier alpha value is -2.94. The second-order valence-corrected chi connectivity index (χ2v) is 5.53. The van der Waals surface area contributed by atoms with E-state index in [2.05, 4.69) is 19.8 Å². The molecule has 0 unspecified atom stereocenters. The first-order valence-electron chi connectivity index (χ1n) is 7.83. The lowest BCUT2D eigenvalue weighted by Crippen LogP contribution is -2.24. The summed E-state index contributed by atoms with van der Waals surface area (Å²) in [5.74, 6) is -0.974. The van der Waals surface area contributed by atoms with Crippen molar-refractivity contribution < 1.29 is 32.2 Å². The van der Waals surface area contributed by atoms with E-state index in [1.807, 2.05) is 0 Å². The fourth-order valence-electron chi connectivity index (χ4n) is 2.08. The first kappa shape index (κ1) is 20.4. The zero-order valence-corrected chi connectivity index (χ0v) is 14.4. The lowest BCUT2D eigenvalue weighted by atomic mass is 10.1. The van der Waals surface area contributed by atoms with Gasteiger partial charge in [0, 0.05) is 12.7 Å². The van der Waals surface area contributed by atoms with Gasteiger partial charge in [-0.1, -0.05) is 24.3 Å². The largest absolute Gasteiger partial charge is 0.465 e. The van der Waals surface area contributed by atoms with E-state index in [4.69, 9.17) is 0 Å². The Bertz CT molecular complexity index is 775. The molecule has 2 aromatic rings. The number of nitrogens with one attached hydrogen (secondary N) is 1. The molecule has 9 heteroatoms.